The lowest BCUT2D eigenvalue weighted by atomic mass is 9.85. The molecule has 4 nitrogen and oxygen atoms in total. The quantitative estimate of drug-likeness (QED) is 0.464. The molecule has 3 atom stereocenters. The second-order valence-electron chi connectivity index (χ2n) is 3.67. The number of methoxy groups -OCH3 is 1. The lowest BCUT2D eigenvalue weighted by molar-refractivity contribution is -0.00634. The Morgan fingerprint density at radius 1 is 1.33 bits per heavy atom. The molecule has 1 rings (SSSR count). The molecule has 0 aromatic rings. The Hall–Kier alpha value is -0.160. The van der Waals surface area contributed by atoms with Gasteiger partial charge in [0.15, 0.2) is 0 Å². The van der Waals surface area contributed by atoms with E-state index in [4.69, 9.17) is 16.4 Å². The van der Waals surface area contributed by atoms with Crippen molar-refractivity contribution in [1.82, 2.24) is 5.12 Å². The molecule has 0 aliphatic heterocycles. The molecule has 0 heterocycles. The van der Waals surface area contributed by atoms with Crippen LogP contribution in [0.1, 0.15) is 26.2 Å². The molecule has 72 valence electrons. The van der Waals surface area contributed by atoms with Gasteiger partial charge < -0.3 is 4.74 Å². The Balaban J connectivity index is 2.44. The van der Waals surface area contributed by atoms with Crippen LogP contribution >= 0.6 is 0 Å². The standard InChI is InChI=1S/C8H19N3O/c1-6-3-4-7(11(9)10)5-8(6)12-2/h6-8H,3-5,9-10H2,1-2H3. The van der Waals surface area contributed by atoms with Crippen molar-refractivity contribution in [3.63, 3.8) is 0 Å². The molecule has 0 radical (unpaired) electrons. The van der Waals surface area contributed by atoms with Crippen LogP contribution in [0.25, 0.3) is 0 Å². The van der Waals surface area contributed by atoms with E-state index in [9.17, 15) is 0 Å². The minimum atomic E-state index is 0.283. The summed E-state index contributed by atoms with van der Waals surface area (Å²) in [6.07, 6.45) is 3.49. The predicted molar refractivity (Wildman–Crippen MR) is 47.8 cm³/mol. The molecule has 0 aromatic heterocycles. The van der Waals surface area contributed by atoms with Crippen LogP contribution in [0.3, 0.4) is 0 Å². The van der Waals surface area contributed by atoms with Gasteiger partial charge in [-0.05, 0) is 25.2 Å². The van der Waals surface area contributed by atoms with Gasteiger partial charge in [-0.2, -0.15) is 5.12 Å². The highest BCUT2D eigenvalue weighted by atomic mass is 16.5. The Kier molecular flexibility index (Phi) is 3.46. The molecular weight excluding hydrogens is 154 g/mol. The second-order valence-corrected chi connectivity index (χ2v) is 3.67. The first-order chi connectivity index (χ1) is 5.65. The highest BCUT2D eigenvalue weighted by molar-refractivity contribution is 4.81. The van der Waals surface area contributed by atoms with E-state index in [1.54, 1.807) is 7.11 Å². The number of hydrogen-bond acceptors (Lipinski definition) is 4. The summed E-state index contributed by atoms with van der Waals surface area (Å²) in [6.45, 7) is 2.21. The molecule has 0 amide bonds. The monoisotopic (exact) mass is 173 g/mol. The lowest BCUT2D eigenvalue weighted by Gasteiger charge is -2.35. The topological polar surface area (TPSA) is 64.5 Å². The largest absolute Gasteiger partial charge is 0.381 e. The van der Waals surface area contributed by atoms with Gasteiger partial charge in [0.1, 0.15) is 0 Å². The van der Waals surface area contributed by atoms with Crippen molar-refractivity contribution >= 4 is 0 Å². The average Bonchev–Trinajstić information content (AvgIpc) is 2.05. The summed E-state index contributed by atoms with van der Waals surface area (Å²) in [5, 5.41) is 1.32. The molecule has 4 N–H and O–H groups in total. The third-order valence-electron chi connectivity index (χ3n) is 2.82. The molecule has 0 aromatic carbocycles. The molecule has 4 heteroatoms. The Morgan fingerprint density at radius 3 is 2.50 bits per heavy atom. The number of hydrogen-bond donors (Lipinski definition) is 2. The van der Waals surface area contributed by atoms with Crippen molar-refractivity contribution in [1.29, 1.82) is 0 Å². The minimum absolute atomic E-state index is 0.283. The molecule has 0 saturated heterocycles. The maximum Gasteiger partial charge on any atom is 0.0612 e. The van der Waals surface area contributed by atoms with Crippen molar-refractivity contribution in [3.8, 4) is 0 Å². The van der Waals surface area contributed by atoms with Crippen molar-refractivity contribution < 1.29 is 4.74 Å². The molecule has 1 aliphatic rings. The molecular formula is C8H19N3O. The van der Waals surface area contributed by atoms with Gasteiger partial charge in [-0.15, -0.1) is 0 Å². The predicted octanol–water partition coefficient (Wildman–Crippen LogP) is 0.239. The van der Waals surface area contributed by atoms with Gasteiger partial charge in [-0.1, -0.05) is 6.92 Å². The average molecular weight is 173 g/mol. The van der Waals surface area contributed by atoms with Crippen LogP contribution < -0.4 is 11.7 Å². The van der Waals surface area contributed by atoms with E-state index < -0.39 is 0 Å². The Labute approximate surface area is 73.8 Å². The first-order valence-electron chi connectivity index (χ1n) is 4.46. The number of ether oxygens (including phenoxy) is 1. The summed E-state index contributed by atoms with van der Waals surface area (Å²) in [5.41, 5.74) is 0. The van der Waals surface area contributed by atoms with Crippen molar-refractivity contribution in [2.75, 3.05) is 7.11 Å². The molecule has 12 heavy (non-hydrogen) atoms. The van der Waals surface area contributed by atoms with E-state index in [1.165, 1.54) is 5.12 Å². The van der Waals surface area contributed by atoms with Crippen LogP contribution in [0.2, 0.25) is 0 Å². The maximum absolute atomic E-state index is 5.49. The molecule has 1 saturated carbocycles. The zero-order valence-electron chi connectivity index (χ0n) is 7.86. The van der Waals surface area contributed by atoms with E-state index in [0.717, 1.165) is 19.3 Å². The molecule has 0 spiro atoms. The third kappa shape index (κ3) is 2.17. The Morgan fingerprint density at radius 2 is 2.00 bits per heavy atom. The summed E-state index contributed by atoms with van der Waals surface area (Å²) in [5.74, 6) is 11.6. The third-order valence-corrected chi connectivity index (χ3v) is 2.82. The van der Waals surface area contributed by atoms with Crippen molar-refractivity contribution in [2.24, 2.45) is 17.6 Å². The lowest BCUT2D eigenvalue weighted by Crippen LogP contribution is -2.50. The SMILES string of the molecule is COC1CC(N(N)N)CCC1C. The molecule has 1 aliphatic carbocycles. The van der Waals surface area contributed by atoms with E-state index >= 15 is 0 Å². The fourth-order valence-corrected chi connectivity index (χ4v) is 1.86. The normalized spacial score (nSPS) is 37.2. The van der Waals surface area contributed by atoms with Gasteiger partial charge in [0.25, 0.3) is 0 Å². The number of nitrogens with zero attached hydrogens (tertiary/aromatic N) is 1. The van der Waals surface area contributed by atoms with Crippen LogP contribution in [0, 0.1) is 5.92 Å². The summed E-state index contributed by atoms with van der Waals surface area (Å²) < 4.78 is 5.35. The summed E-state index contributed by atoms with van der Waals surface area (Å²) in [4.78, 5) is 0. The zero-order chi connectivity index (χ0) is 9.14. The highest BCUT2D eigenvalue weighted by Crippen LogP contribution is 2.27. The first kappa shape index (κ1) is 9.92. The highest BCUT2D eigenvalue weighted by Gasteiger charge is 2.29. The van der Waals surface area contributed by atoms with E-state index in [1.807, 2.05) is 0 Å². The van der Waals surface area contributed by atoms with Gasteiger partial charge in [0.05, 0.1) is 6.10 Å². The smallest absolute Gasteiger partial charge is 0.0612 e. The number of hydrazine groups is 2. The van der Waals surface area contributed by atoms with Crippen molar-refractivity contribution in [3.05, 3.63) is 0 Å². The second kappa shape index (κ2) is 4.18. The summed E-state index contributed by atoms with van der Waals surface area (Å²) >= 11 is 0. The number of nitrogens with two attached hydrogens (primary N) is 2. The van der Waals surface area contributed by atoms with Crippen LogP contribution in [-0.4, -0.2) is 24.4 Å². The van der Waals surface area contributed by atoms with Gasteiger partial charge in [-0.25, -0.2) is 0 Å². The molecule has 0 bridgehead atoms. The molecule has 3 unspecified atom stereocenters. The minimum Gasteiger partial charge on any atom is -0.381 e. The van der Waals surface area contributed by atoms with Gasteiger partial charge in [0, 0.05) is 13.2 Å². The van der Waals surface area contributed by atoms with E-state index in [-0.39, 0.29) is 6.04 Å². The van der Waals surface area contributed by atoms with Crippen LogP contribution in [0.4, 0.5) is 0 Å². The van der Waals surface area contributed by atoms with Crippen LogP contribution in [0.5, 0.6) is 0 Å². The fourth-order valence-electron chi connectivity index (χ4n) is 1.86. The number of rotatable bonds is 2. The zero-order valence-corrected chi connectivity index (χ0v) is 7.86. The van der Waals surface area contributed by atoms with E-state index in [2.05, 4.69) is 6.92 Å². The summed E-state index contributed by atoms with van der Waals surface area (Å²) in [6, 6.07) is 0.283. The van der Waals surface area contributed by atoms with Gasteiger partial charge >= 0.3 is 0 Å². The Bertz CT molecular complexity index is 140. The molecule has 1 fully saturated rings. The summed E-state index contributed by atoms with van der Waals surface area (Å²) in [7, 11) is 1.75. The fraction of sp³-hybridized carbons (Fsp3) is 1.00. The maximum atomic E-state index is 5.49. The van der Waals surface area contributed by atoms with Gasteiger partial charge in [-0.3, -0.25) is 11.7 Å². The first-order valence-corrected chi connectivity index (χ1v) is 4.46. The van der Waals surface area contributed by atoms with Gasteiger partial charge in [0.2, 0.25) is 0 Å². The van der Waals surface area contributed by atoms with Crippen LogP contribution in [-0.2, 0) is 4.74 Å². The van der Waals surface area contributed by atoms with Crippen LogP contribution in [0.15, 0.2) is 0 Å². The van der Waals surface area contributed by atoms with E-state index in [0.29, 0.717) is 12.0 Å². The van der Waals surface area contributed by atoms with Crippen molar-refractivity contribution in [2.45, 2.75) is 38.3 Å².